The van der Waals surface area contributed by atoms with E-state index in [0.29, 0.717) is 19.0 Å². The van der Waals surface area contributed by atoms with Crippen molar-refractivity contribution in [2.75, 3.05) is 23.9 Å². The van der Waals surface area contributed by atoms with Crippen LogP contribution < -0.4 is 21.3 Å². The first-order valence-corrected chi connectivity index (χ1v) is 6.42. The summed E-state index contributed by atoms with van der Waals surface area (Å²) in [5.41, 5.74) is 4.60. The van der Waals surface area contributed by atoms with Crippen molar-refractivity contribution in [3.8, 4) is 5.75 Å². The average molecular weight is 273 g/mol. The van der Waals surface area contributed by atoms with Gasteiger partial charge in [0, 0.05) is 5.56 Å². The van der Waals surface area contributed by atoms with Crippen molar-refractivity contribution in [1.82, 2.24) is 9.97 Å². The van der Waals surface area contributed by atoms with Crippen LogP contribution in [0.5, 0.6) is 5.75 Å². The fourth-order valence-corrected chi connectivity index (χ4v) is 1.82. The minimum atomic E-state index is 0.554. The molecule has 0 bridgehead atoms. The summed E-state index contributed by atoms with van der Waals surface area (Å²) in [4.78, 5) is 8.20. The van der Waals surface area contributed by atoms with Crippen LogP contribution in [-0.4, -0.2) is 23.1 Å². The smallest absolute Gasteiger partial charge is 0.148 e. The standard InChI is InChI=1S/C14H19N5O/c1-10-4-3-5-12(8-10)20-7-6-16-13-11(2)14(19-15)18-9-17-13/h3-5,8-9H,6-7,15H2,1-2H3,(H2,16,17,18,19). The Morgan fingerprint density at radius 1 is 1.20 bits per heavy atom. The van der Waals surface area contributed by atoms with Gasteiger partial charge in [-0.05, 0) is 31.5 Å². The van der Waals surface area contributed by atoms with Gasteiger partial charge in [0.15, 0.2) is 0 Å². The minimum absolute atomic E-state index is 0.554. The van der Waals surface area contributed by atoms with E-state index in [0.717, 1.165) is 17.1 Å². The van der Waals surface area contributed by atoms with Gasteiger partial charge in [0.1, 0.15) is 30.3 Å². The van der Waals surface area contributed by atoms with Gasteiger partial charge in [-0.15, -0.1) is 0 Å². The van der Waals surface area contributed by atoms with E-state index in [1.54, 1.807) is 0 Å². The van der Waals surface area contributed by atoms with Crippen LogP contribution in [0.15, 0.2) is 30.6 Å². The van der Waals surface area contributed by atoms with Crippen LogP contribution in [0.4, 0.5) is 11.6 Å². The summed E-state index contributed by atoms with van der Waals surface area (Å²) in [6, 6.07) is 7.97. The van der Waals surface area contributed by atoms with E-state index in [-0.39, 0.29) is 0 Å². The number of hydrogen-bond donors (Lipinski definition) is 3. The molecule has 0 fully saturated rings. The van der Waals surface area contributed by atoms with Gasteiger partial charge in [0.2, 0.25) is 0 Å². The first-order valence-electron chi connectivity index (χ1n) is 6.42. The highest BCUT2D eigenvalue weighted by Crippen LogP contribution is 2.17. The molecule has 0 saturated heterocycles. The zero-order valence-electron chi connectivity index (χ0n) is 11.7. The van der Waals surface area contributed by atoms with Crippen LogP contribution in [-0.2, 0) is 0 Å². The molecule has 0 amide bonds. The lowest BCUT2D eigenvalue weighted by molar-refractivity contribution is 0.332. The Morgan fingerprint density at radius 3 is 2.75 bits per heavy atom. The zero-order chi connectivity index (χ0) is 14.4. The second kappa shape index (κ2) is 6.72. The largest absolute Gasteiger partial charge is 0.492 e. The van der Waals surface area contributed by atoms with Gasteiger partial charge in [-0.2, -0.15) is 0 Å². The molecule has 1 aromatic carbocycles. The molecule has 0 spiro atoms. The van der Waals surface area contributed by atoms with Crippen LogP contribution in [0.2, 0.25) is 0 Å². The van der Waals surface area contributed by atoms with Gasteiger partial charge < -0.3 is 15.5 Å². The third-order valence-corrected chi connectivity index (χ3v) is 2.87. The maximum atomic E-state index is 5.66. The van der Waals surface area contributed by atoms with Gasteiger partial charge in [-0.25, -0.2) is 15.8 Å². The van der Waals surface area contributed by atoms with E-state index in [1.807, 2.05) is 38.1 Å². The van der Waals surface area contributed by atoms with Crippen molar-refractivity contribution in [3.63, 3.8) is 0 Å². The topological polar surface area (TPSA) is 85.1 Å². The summed E-state index contributed by atoms with van der Waals surface area (Å²) in [5.74, 6) is 7.61. The van der Waals surface area contributed by atoms with Crippen LogP contribution in [0.3, 0.4) is 0 Å². The van der Waals surface area contributed by atoms with E-state index in [2.05, 4.69) is 20.7 Å². The highest BCUT2D eigenvalue weighted by Gasteiger charge is 2.04. The molecule has 20 heavy (non-hydrogen) atoms. The number of nitrogen functional groups attached to an aromatic ring is 1. The number of ether oxygens (including phenoxy) is 1. The van der Waals surface area contributed by atoms with Crippen LogP contribution in [0.25, 0.3) is 0 Å². The molecule has 0 aliphatic rings. The molecule has 0 aliphatic heterocycles. The van der Waals surface area contributed by atoms with Crippen LogP contribution >= 0.6 is 0 Å². The van der Waals surface area contributed by atoms with Crippen molar-refractivity contribution in [2.24, 2.45) is 5.84 Å². The summed E-state index contributed by atoms with van der Waals surface area (Å²) in [6.45, 7) is 5.14. The molecule has 4 N–H and O–H groups in total. The molecule has 1 heterocycles. The number of nitrogens with two attached hydrogens (primary N) is 1. The Balaban J connectivity index is 1.84. The number of aryl methyl sites for hydroxylation is 1. The SMILES string of the molecule is Cc1cccc(OCCNc2ncnc(NN)c2C)c1. The van der Waals surface area contributed by atoms with Crippen molar-refractivity contribution in [1.29, 1.82) is 0 Å². The fraction of sp³-hybridized carbons (Fsp3) is 0.286. The lowest BCUT2D eigenvalue weighted by atomic mass is 10.2. The molecule has 0 atom stereocenters. The molecule has 0 saturated carbocycles. The molecule has 1 aromatic heterocycles. The van der Waals surface area contributed by atoms with E-state index in [1.165, 1.54) is 11.9 Å². The summed E-state index contributed by atoms with van der Waals surface area (Å²) < 4.78 is 5.66. The van der Waals surface area contributed by atoms with Crippen LogP contribution in [0.1, 0.15) is 11.1 Å². The molecule has 6 heteroatoms. The van der Waals surface area contributed by atoms with Crippen molar-refractivity contribution in [2.45, 2.75) is 13.8 Å². The first-order chi connectivity index (χ1) is 9.70. The van der Waals surface area contributed by atoms with E-state index in [4.69, 9.17) is 10.6 Å². The summed E-state index contributed by atoms with van der Waals surface area (Å²) in [5, 5.41) is 3.20. The zero-order valence-corrected chi connectivity index (χ0v) is 11.7. The molecule has 6 nitrogen and oxygen atoms in total. The number of rotatable bonds is 6. The number of hydrazine groups is 1. The Morgan fingerprint density at radius 2 is 2.00 bits per heavy atom. The first kappa shape index (κ1) is 14.1. The summed E-state index contributed by atoms with van der Waals surface area (Å²) >= 11 is 0. The van der Waals surface area contributed by atoms with Gasteiger partial charge in [0.05, 0.1) is 6.54 Å². The van der Waals surface area contributed by atoms with Gasteiger partial charge >= 0.3 is 0 Å². The number of nitrogens with zero attached hydrogens (tertiary/aromatic N) is 2. The highest BCUT2D eigenvalue weighted by atomic mass is 16.5. The maximum absolute atomic E-state index is 5.66. The van der Waals surface area contributed by atoms with Crippen LogP contribution in [0, 0.1) is 13.8 Å². The Labute approximate surface area is 118 Å². The Kier molecular flexibility index (Phi) is 4.73. The molecular weight excluding hydrogens is 254 g/mol. The molecule has 0 radical (unpaired) electrons. The number of nitrogens with one attached hydrogen (secondary N) is 2. The number of anilines is 2. The van der Waals surface area contributed by atoms with Crippen molar-refractivity contribution >= 4 is 11.6 Å². The minimum Gasteiger partial charge on any atom is -0.492 e. The quantitative estimate of drug-likeness (QED) is 0.423. The number of aromatic nitrogens is 2. The third-order valence-electron chi connectivity index (χ3n) is 2.87. The normalized spacial score (nSPS) is 10.2. The van der Waals surface area contributed by atoms with Gasteiger partial charge in [-0.1, -0.05) is 12.1 Å². The molecule has 2 rings (SSSR count). The van der Waals surface area contributed by atoms with E-state index >= 15 is 0 Å². The average Bonchev–Trinajstić information content (AvgIpc) is 2.45. The predicted molar refractivity (Wildman–Crippen MR) is 79.7 cm³/mol. The molecule has 2 aromatic rings. The van der Waals surface area contributed by atoms with E-state index in [9.17, 15) is 0 Å². The lowest BCUT2D eigenvalue weighted by Crippen LogP contribution is -2.16. The Bertz CT molecular complexity index is 573. The third kappa shape index (κ3) is 3.58. The molecular formula is C14H19N5O. The van der Waals surface area contributed by atoms with Gasteiger partial charge in [0.25, 0.3) is 0 Å². The molecule has 0 unspecified atom stereocenters. The monoisotopic (exact) mass is 273 g/mol. The fourth-order valence-electron chi connectivity index (χ4n) is 1.82. The lowest BCUT2D eigenvalue weighted by Gasteiger charge is -2.11. The summed E-state index contributed by atoms with van der Waals surface area (Å²) in [7, 11) is 0. The van der Waals surface area contributed by atoms with Crippen molar-refractivity contribution < 1.29 is 4.74 Å². The highest BCUT2D eigenvalue weighted by molar-refractivity contribution is 5.55. The van der Waals surface area contributed by atoms with Crippen molar-refractivity contribution in [3.05, 3.63) is 41.7 Å². The molecule has 106 valence electrons. The van der Waals surface area contributed by atoms with Gasteiger partial charge in [-0.3, -0.25) is 0 Å². The second-order valence-electron chi connectivity index (χ2n) is 4.43. The number of hydrogen-bond acceptors (Lipinski definition) is 6. The number of benzene rings is 1. The Hall–Kier alpha value is -2.34. The maximum Gasteiger partial charge on any atom is 0.148 e. The van der Waals surface area contributed by atoms with E-state index < -0.39 is 0 Å². The second-order valence-corrected chi connectivity index (χ2v) is 4.43. The summed E-state index contributed by atoms with van der Waals surface area (Å²) in [6.07, 6.45) is 1.46. The predicted octanol–water partition coefficient (Wildman–Crippen LogP) is 1.87. The molecule has 0 aliphatic carbocycles.